The molecule has 1 amide bonds. The van der Waals surface area contributed by atoms with Gasteiger partial charge in [-0.2, -0.15) is 0 Å². The summed E-state index contributed by atoms with van der Waals surface area (Å²) in [7, 11) is 0. The van der Waals surface area contributed by atoms with E-state index in [1.54, 1.807) is 12.1 Å². The number of aliphatic hydroxyl groups is 1. The molecule has 0 aliphatic carbocycles. The van der Waals surface area contributed by atoms with Crippen LogP contribution in [0.2, 0.25) is 5.02 Å². The monoisotopic (exact) mass is 458 g/mol. The third-order valence-corrected chi connectivity index (χ3v) is 7.14. The van der Waals surface area contributed by atoms with Crippen molar-refractivity contribution in [2.45, 2.75) is 31.9 Å². The van der Waals surface area contributed by atoms with Gasteiger partial charge in [-0.25, -0.2) is 0 Å². The lowest BCUT2D eigenvalue weighted by atomic mass is 9.84. The van der Waals surface area contributed by atoms with Crippen LogP contribution in [0.5, 0.6) is 0 Å². The second-order valence-electron chi connectivity index (χ2n) is 8.88. The Bertz CT molecular complexity index is 1290. The van der Waals surface area contributed by atoms with Crippen molar-refractivity contribution in [3.05, 3.63) is 106 Å². The Morgan fingerprint density at radius 2 is 1.58 bits per heavy atom. The molecule has 0 saturated carbocycles. The molecule has 1 saturated heterocycles. The summed E-state index contributed by atoms with van der Waals surface area (Å²) in [6.45, 7) is 3.77. The molecular formula is C28H27ClN2O2. The van der Waals surface area contributed by atoms with Gasteiger partial charge in [-0.3, -0.25) is 4.79 Å². The minimum absolute atomic E-state index is 0.0358. The van der Waals surface area contributed by atoms with Crippen LogP contribution in [-0.4, -0.2) is 33.6 Å². The number of likely N-dealkylation sites (tertiary alicyclic amines) is 1. The summed E-state index contributed by atoms with van der Waals surface area (Å²) in [5.74, 6) is 0.0358. The fourth-order valence-corrected chi connectivity index (χ4v) is 5.08. The number of piperidine rings is 1. The predicted octanol–water partition coefficient (Wildman–Crippen LogP) is 5.78. The van der Waals surface area contributed by atoms with Gasteiger partial charge in [-0.1, -0.05) is 72.3 Å². The van der Waals surface area contributed by atoms with E-state index < -0.39 is 5.60 Å². The van der Waals surface area contributed by atoms with Gasteiger partial charge in [-0.15, -0.1) is 0 Å². The van der Waals surface area contributed by atoms with E-state index in [0.717, 1.165) is 34.3 Å². The first kappa shape index (κ1) is 21.7. The maximum absolute atomic E-state index is 13.7. The largest absolute Gasteiger partial charge is 0.385 e. The summed E-state index contributed by atoms with van der Waals surface area (Å²) >= 11 is 6.01. The Hall–Kier alpha value is -3.08. The molecule has 1 aliphatic rings. The molecular weight excluding hydrogens is 432 g/mol. The standard InChI is InChI=1S/C28H27ClN2O2/c1-20-26(24-9-5-6-10-25(24)31(20)19-21-7-3-2-4-8-21)27(32)30-17-15-28(33,16-18-30)22-11-13-23(29)14-12-22/h2-14,33H,15-19H2,1H3. The average molecular weight is 459 g/mol. The van der Waals surface area contributed by atoms with Crippen molar-refractivity contribution < 1.29 is 9.90 Å². The molecule has 0 atom stereocenters. The van der Waals surface area contributed by atoms with E-state index >= 15 is 0 Å². The number of rotatable bonds is 4. The second kappa shape index (κ2) is 8.69. The van der Waals surface area contributed by atoms with Gasteiger partial charge in [0.2, 0.25) is 0 Å². The lowest BCUT2D eigenvalue weighted by molar-refractivity contribution is -0.0211. The van der Waals surface area contributed by atoms with Crippen molar-refractivity contribution in [2.75, 3.05) is 13.1 Å². The highest BCUT2D eigenvalue weighted by atomic mass is 35.5. The molecule has 3 aromatic carbocycles. The predicted molar refractivity (Wildman–Crippen MR) is 133 cm³/mol. The molecule has 5 heteroatoms. The highest BCUT2D eigenvalue weighted by Crippen LogP contribution is 2.35. The first-order valence-electron chi connectivity index (χ1n) is 11.4. The molecule has 1 fully saturated rings. The molecule has 0 spiro atoms. The summed E-state index contributed by atoms with van der Waals surface area (Å²) in [5.41, 5.74) is 3.93. The average Bonchev–Trinajstić information content (AvgIpc) is 3.11. The Balaban J connectivity index is 1.42. The zero-order valence-electron chi connectivity index (χ0n) is 18.7. The van der Waals surface area contributed by atoms with E-state index in [-0.39, 0.29) is 5.91 Å². The molecule has 5 rings (SSSR count). The van der Waals surface area contributed by atoms with E-state index in [9.17, 15) is 9.90 Å². The number of amides is 1. The molecule has 1 aromatic heterocycles. The third kappa shape index (κ3) is 4.05. The second-order valence-corrected chi connectivity index (χ2v) is 9.32. The molecule has 0 unspecified atom stereocenters. The molecule has 2 heterocycles. The Morgan fingerprint density at radius 1 is 0.939 bits per heavy atom. The summed E-state index contributed by atoms with van der Waals surface area (Å²) in [6.07, 6.45) is 1.00. The normalized spacial score (nSPS) is 15.7. The van der Waals surface area contributed by atoms with Crippen LogP contribution in [0.25, 0.3) is 10.9 Å². The number of para-hydroxylation sites is 1. The maximum Gasteiger partial charge on any atom is 0.256 e. The van der Waals surface area contributed by atoms with Crippen molar-refractivity contribution >= 4 is 28.4 Å². The van der Waals surface area contributed by atoms with E-state index in [0.29, 0.717) is 31.0 Å². The van der Waals surface area contributed by atoms with E-state index in [1.165, 1.54) is 5.56 Å². The number of halogens is 1. The topological polar surface area (TPSA) is 45.5 Å². The van der Waals surface area contributed by atoms with Crippen molar-refractivity contribution in [2.24, 2.45) is 0 Å². The number of benzene rings is 3. The van der Waals surface area contributed by atoms with Gasteiger partial charge in [-0.05, 0) is 49.1 Å². The van der Waals surface area contributed by atoms with Crippen molar-refractivity contribution in [3.63, 3.8) is 0 Å². The smallest absolute Gasteiger partial charge is 0.256 e. The molecule has 0 radical (unpaired) electrons. The van der Waals surface area contributed by atoms with Crippen LogP contribution in [0.1, 0.15) is 40.0 Å². The summed E-state index contributed by atoms with van der Waals surface area (Å²) < 4.78 is 2.23. The highest BCUT2D eigenvalue weighted by Gasteiger charge is 2.36. The van der Waals surface area contributed by atoms with Gasteiger partial charge in [0.05, 0.1) is 11.2 Å². The van der Waals surface area contributed by atoms with Gasteiger partial charge in [0.25, 0.3) is 5.91 Å². The van der Waals surface area contributed by atoms with Gasteiger partial charge < -0.3 is 14.6 Å². The number of carbonyl (C=O) groups is 1. The van der Waals surface area contributed by atoms with Crippen molar-refractivity contribution in [1.29, 1.82) is 0 Å². The number of hydrogen-bond donors (Lipinski definition) is 1. The van der Waals surface area contributed by atoms with E-state index in [4.69, 9.17) is 11.6 Å². The van der Waals surface area contributed by atoms with E-state index in [1.807, 2.05) is 60.4 Å². The lowest BCUT2D eigenvalue weighted by Gasteiger charge is -2.38. The van der Waals surface area contributed by atoms with Crippen LogP contribution in [0.15, 0.2) is 78.9 Å². The summed E-state index contributed by atoms with van der Waals surface area (Å²) in [5, 5.41) is 12.8. The summed E-state index contributed by atoms with van der Waals surface area (Å²) in [4.78, 5) is 15.6. The molecule has 4 nitrogen and oxygen atoms in total. The van der Waals surface area contributed by atoms with Crippen LogP contribution in [0.3, 0.4) is 0 Å². The fraction of sp³-hybridized carbons (Fsp3) is 0.250. The van der Waals surface area contributed by atoms with Gasteiger partial charge in [0.15, 0.2) is 0 Å². The zero-order valence-corrected chi connectivity index (χ0v) is 19.4. The third-order valence-electron chi connectivity index (χ3n) is 6.89. The van der Waals surface area contributed by atoms with Gasteiger partial charge in [0.1, 0.15) is 0 Å². The number of hydrogen-bond acceptors (Lipinski definition) is 2. The van der Waals surface area contributed by atoms with Crippen LogP contribution < -0.4 is 0 Å². The van der Waals surface area contributed by atoms with Crippen molar-refractivity contribution in [3.8, 4) is 0 Å². The zero-order chi connectivity index (χ0) is 23.0. The minimum atomic E-state index is -0.933. The Morgan fingerprint density at radius 3 is 2.27 bits per heavy atom. The van der Waals surface area contributed by atoms with Gasteiger partial charge in [0, 0.05) is 41.3 Å². The molecule has 1 aliphatic heterocycles. The number of nitrogens with zero attached hydrogens (tertiary/aromatic N) is 2. The van der Waals surface area contributed by atoms with Gasteiger partial charge >= 0.3 is 0 Å². The number of aromatic nitrogens is 1. The fourth-order valence-electron chi connectivity index (χ4n) is 4.96. The van der Waals surface area contributed by atoms with Crippen LogP contribution in [0.4, 0.5) is 0 Å². The maximum atomic E-state index is 13.7. The van der Waals surface area contributed by atoms with Crippen LogP contribution in [-0.2, 0) is 12.1 Å². The highest BCUT2D eigenvalue weighted by molar-refractivity contribution is 6.30. The quantitative estimate of drug-likeness (QED) is 0.421. The molecule has 4 aromatic rings. The minimum Gasteiger partial charge on any atom is -0.385 e. The van der Waals surface area contributed by atoms with E-state index in [2.05, 4.69) is 22.8 Å². The molecule has 33 heavy (non-hydrogen) atoms. The van der Waals surface area contributed by atoms with Crippen LogP contribution in [0, 0.1) is 6.92 Å². The Kier molecular flexibility index (Phi) is 5.73. The summed E-state index contributed by atoms with van der Waals surface area (Å²) in [6, 6.07) is 25.8. The molecule has 1 N–H and O–H groups in total. The first-order valence-corrected chi connectivity index (χ1v) is 11.7. The molecule has 168 valence electrons. The number of carbonyl (C=O) groups excluding carboxylic acids is 1. The number of fused-ring (bicyclic) bond motifs is 1. The molecule has 0 bridgehead atoms. The Labute approximate surface area is 199 Å². The first-order chi connectivity index (χ1) is 16.0. The van der Waals surface area contributed by atoms with Crippen molar-refractivity contribution in [1.82, 2.24) is 9.47 Å². The van der Waals surface area contributed by atoms with Crippen LogP contribution >= 0.6 is 11.6 Å². The lowest BCUT2D eigenvalue weighted by Crippen LogP contribution is -2.45. The SMILES string of the molecule is Cc1c(C(=O)N2CCC(O)(c3ccc(Cl)cc3)CC2)c2ccccc2n1Cc1ccccc1.